The molecule has 1 saturated carbocycles. The first-order valence-electron chi connectivity index (χ1n) is 13.8. The molecular formula is C32H29F2N5O4. The molecule has 2 aliphatic heterocycles. The van der Waals surface area contributed by atoms with Gasteiger partial charge in [-0.25, -0.2) is 18.6 Å². The Bertz CT molecular complexity index is 1880. The van der Waals surface area contributed by atoms with Crippen LogP contribution in [0.4, 0.5) is 13.6 Å². The van der Waals surface area contributed by atoms with Crippen LogP contribution in [-0.2, 0) is 10.3 Å². The molecule has 43 heavy (non-hydrogen) atoms. The van der Waals surface area contributed by atoms with Gasteiger partial charge in [-0.1, -0.05) is 6.07 Å². The van der Waals surface area contributed by atoms with Crippen molar-refractivity contribution in [3.05, 3.63) is 81.7 Å². The summed E-state index contributed by atoms with van der Waals surface area (Å²) in [7, 11) is 1.14. The highest BCUT2D eigenvalue weighted by Gasteiger charge is 2.62. The molecule has 2 saturated heterocycles. The van der Waals surface area contributed by atoms with Crippen molar-refractivity contribution in [3.8, 4) is 28.6 Å². The van der Waals surface area contributed by atoms with Crippen LogP contribution < -0.4 is 10.3 Å². The molecular weight excluding hydrogens is 556 g/mol. The van der Waals surface area contributed by atoms with Gasteiger partial charge in [0, 0.05) is 41.7 Å². The van der Waals surface area contributed by atoms with Crippen molar-refractivity contribution in [1.29, 1.82) is 5.26 Å². The minimum Gasteiger partial charge on any atom is -0.491 e. The minimum absolute atomic E-state index is 0.0732. The van der Waals surface area contributed by atoms with Gasteiger partial charge in [-0.2, -0.15) is 5.26 Å². The van der Waals surface area contributed by atoms with E-state index in [9.17, 15) is 14.9 Å². The van der Waals surface area contributed by atoms with Crippen LogP contribution in [0.25, 0.3) is 27.7 Å². The molecule has 1 amide bonds. The lowest BCUT2D eigenvalue weighted by Gasteiger charge is -2.42. The highest BCUT2D eigenvalue weighted by Crippen LogP contribution is 2.57. The number of nitriles is 1. The van der Waals surface area contributed by atoms with Crippen LogP contribution in [-0.4, -0.2) is 44.8 Å². The third-order valence-corrected chi connectivity index (χ3v) is 8.01. The van der Waals surface area contributed by atoms with Gasteiger partial charge < -0.3 is 9.47 Å². The van der Waals surface area contributed by atoms with Gasteiger partial charge in [0.2, 0.25) is 0 Å². The van der Waals surface area contributed by atoms with Crippen molar-refractivity contribution < 1.29 is 23.0 Å². The quantitative estimate of drug-likeness (QED) is 0.299. The fourth-order valence-corrected chi connectivity index (χ4v) is 6.17. The van der Waals surface area contributed by atoms with Crippen molar-refractivity contribution in [2.45, 2.75) is 51.7 Å². The van der Waals surface area contributed by atoms with Gasteiger partial charge >= 0.3 is 6.09 Å². The number of benzene rings is 2. The Labute approximate surface area is 246 Å². The maximum atomic E-state index is 15.0. The van der Waals surface area contributed by atoms with Crippen LogP contribution in [0.5, 0.6) is 5.75 Å². The smallest absolute Gasteiger partial charge is 0.411 e. The number of aromatic nitrogens is 3. The number of ether oxygens (including phenoxy) is 2. The topological polar surface area (TPSA) is 110 Å². The maximum Gasteiger partial charge on any atom is 0.411 e. The molecule has 0 radical (unpaired) electrons. The fourth-order valence-electron chi connectivity index (χ4n) is 6.17. The Balaban J connectivity index is 1.69. The number of fused-ring (bicyclic) bond motifs is 2. The molecule has 2 bridgehead atoms. The molecule has 2 aromatic heterocycles. The van der Waals surface area contributed by atoms with Crippen LogP contribution in [0.15, 0.2) is 47.4 Å². The Hall–Kier alpha value is -4.85. The molecule has 0 unspecified atom stereocenters. The third-order valence-electron chi connectivity index (χ3n) is 8.01. The van der Waals surface area contributed by atoms with Crippen LogP contribution >= 0.6 is 0 Å². The second-order valence-electron chi connectivity index (χ2n) is 12.1. The molecule has 1 aliphatic carbocycles. The normalized spacial score (nSPS) is 19.2. The summed E-state index contributed by atoms with van der Waals surface area (Å²) in [5, 5.41) is 9.89. The number of methoxy groups -OCH3 is 1. The maximum absolute atomic E-state index is 15.0. The summed E-state index contributed by atoms with van der Waals surface area (Å²) in [6.07, 6.45) is 2.04. The minimum atomic E-state index is -1.07. The zero-order valence-electron chi connectivity index (χ0n) is 24.4. The van der Waals surface area contributed by atoms with E-state index in [0.29, 0.717) is 30.5 Å². The van der Waals surface area contributed by atoms with E-state index in [-0.39, 0.29) is 33.9 Å². The van der Waals surface area contributed by atoms with E-state index in [1.165, 1.54) is 6.07 Å². The summed E-state index contributed by atoms with van der Waals surface area (Å²) in [6.45, 7) is 7.52. The van der Waals surface area contributed by atoms with Gasteiger partial charge in [0.25, 0.3) is 5.56 Å². The van der Waals surface area contributed by atoms with Crippen molar-refractivity contribution in [1.82, 2.24) is 19.4 Å². The van der Waals surface area contributed by atoms with Crippen molar-refractivity contribution in [2.75, 3.05) is 13.7 Å². The number of hydrogen-bond acceptors (Lipinski definition) is 7. The Kier molecular flexibility index (Phi) is 6.49. The number of amides is 1. The second kappa shape index (κ2) is 9.87. The molecule has 11 heteroatoms. The molecule has 4 aromatic rings. The van der Waals surface area contributed by atoms with Gasteiger partial charge in [0.1, 0.15) is 17.0 Å². The predicted molar refractivity (Wildman–Crippen MR) is 154 cm³/mol. The first-order chi connectivity index (χ1) is 20.3. The lowest BCUT2D eigenvalue weighted by Crippen LogP contribution is -2.50. The number of nitrogens with zero attached hydrogens (tertiary/aromatic N) is 5. The molecule has 0 N–H and O–H groups in total. The largest absolute Gasteiger partial charge is 0.491 e. The van der Waals surface area contributed by atoms with E-state index in [1.54, 1.807) is 37.9 Å². The molecule has 2 aromatic carbocycles. The highest BCUT2D eigenvalue weighted by atomic mass is 19.1. The fraction of sp³-hybridized carbons (Fsp3) is 0.344. The zero-order valence-corrected chi connectivity index (χ0v) is 24.4. The molecule has 4 heterocycles. The van der Waals surface area contributed by atoms with E-state index in [1.807, 2.05) is 19.1 Å². The van der Waals surface area contributed by atoms with Crippen LogP contribution in [0.2, 0.25) is 0 Å². The van der Waals surface area contributed by atoms with E-state index < -0.39 is 40.2 Å². The summed E-state index contributed by atoms with van der Waals surface area (Å²) in [6, 6.07) is 10.7. The number of carbonyl (C=O) groups is 1. The molecule has 0 spiro atoms. The summed E-state index contributed by atoms with van der Waals surface area (Å²) in [5.41, 5.74) is -0.223. The van der Waals surface area contributed by atoms with E-state index in [4.69, 9.17) is 14.5 Å². The third kappa shape index (κ3) is 4.58. The van der Waals surface area contributed by atoms with Crippen LogP contribution in [0.1, 0.15) is 50.7 Å². The van der Waals surface area contributed by atoms with Gasteiger partial charge in [-0.3, -0.25) is 19.2 Å². The average Bonchev–Trinajstić information content (AvgIpc) is 3.50. The van der Waals surface area contributed by atoms with E-state index in [2.05, 4.69) is 11.1 Å². The number of hydrogen-bond donors (Lipinski definition) is 0. The summed E-state index contributed by atoms with van der Waals surface area (Å²) >= 11 is 0. The van der Waals surface area contributed by atoms with Gasteiger partial charge in [-0.15, -0.1) is 0 Å². The lowest BCUT2D eigenvalue weighted by molar-refractivity contribution is 0.00315. The molecule has 3 fully saturated rings. The first kappa shape index (κ1) is 28.3. The summed E-state index contributed by atoms with van der Waals surface area (Å²) in [5.74, 6) is -2.32. The Morgan fingerprint density at radius 3 is 2.42 bits per heavy atom. The van der Waals surface area contributed by atoms with Crippen molar-refractivity contribution >= 4 is 17.0 Å². The monoisotopic (exact) mass is 585 g/mol. The molecule has 7 rings (SSSR count). The highest BCUT2D eigenvalue weighted by molar-refractivity contribution is 5.94. The summed E-state index contributed by atoms with van der Waals surface area (Å²) in [4.78, 5) is 38.9. The molecule has 0 atom stereocenters. The Morgan fingerprint density at radius 2 is 1.84 bits per heavy atom. The zero-order chi connectivity index (χ0) is 30.8. The predicted octanol–water partition coefficient (Wildman–Crippen LogP) is 5.77. The van der Waals surface area contributed by atoms with Gasteiger partial charge in [0.05, 0.1) is 35.3 Å². The first-order valence-corrected chi connectivity index (χ1v) is 13.8. The molecule has 3 aliphatic rings. The number of carbonyl (C=O) groups excluding carboxylic acids is 1. The van der Waals surface area contributed by atoms with Gasteiger partial charge in [-0.05, 0) is 64.7 Å². The van der Waals surface area contributed by atoms with Crippen molar-refractivity contribution in [3.63, 3.8) is 0 Å². The van der Waals surface area contributed by atoms with E-state index in [0.717, 1.165) is 29.5 Å². The number of rotatable bonds is 4. The average molecular weight is 586 g/mol. The van der Waals surface area contributed by atoms with Gasteiger partial charge in [0.15, 0.2) is 17.4 Å². The lowest BCUT2D eigenvalue weighted by atomic mass is 9.72. The second-order valence-corrected chi connectivity index (χ2v) is 12.1. The molecule has 9 nitrogen and oxygen atoms in total. The number of pyridine rings is 1. The van der Waals surface area contributed by atoms with E-state index >= 15 is 8.78 Å². The summed E-state index contributed by atoms with van der Waals surface area (Å²) < 4.78 is 41.8. The SMILES string of the molecule is COc1c(F)cc(-n2c(C34CC(CN3C(=O)OC(C)(C)C)C4)nc3c(-c4ccc(C)nc4)cc(C#N)cc3c2=O)cc1F. The number of aryl methyl sites for hydroxylation is 1. The standard InChI is InChI=1S/C32H29F2N5O4/c1-17-6-7-20(15-36-17)22-8-18(14-35)9-23-26(22)37-29(32-12-19(13-32)16-38(32)30(41)43-31(2,3)4)39(28(23)40)21-10-24(33)27(42-5)25(34)11-21/h6-11,15,19H,12-13,16H2,1-5H3. The number of halogens is 2. The molecule has 220 valence electrons. The van der Waals surface area contributed by atoms with Crippen LogP contribution in [0, 0.1) is 35.8 Å². The van der Waals surface area contributed by atoms with Crippen LogP contribution in [0.3, 0.4) is 0 Å². The Morgan fingerprint density at radius 1 is 1.14 bits per heavy atom. The van der Waals surface area contributed by atoms with Crippen molar-refractivity contribution in [2.24, 2.45) is 5.92 Å².